The van der Waals surface area contributed by atoms with Crippen molar-refractivity contribution in [1.82, 2.24) is 4.90 Å². The fourth-order valence-corrected chi connectivity index (χ4v) is 2.31. The molecule has 0 aromatic carbocycles. The molecule has 0 saturated carbocycles. The first kappa shape index (κ1) is 11.6. The van der Waals surface area contributed by atoms with Gasteiger partial charge in [0.05, 0.1) is 5.54 Å². The Morgan fingerprint density at radius 1 is 1.57 bits per heavy atom. The molecule has 0 spiro atoms. The molecule has 14 heavy (non-hydrogen) atoms. The molecule has 0 aromatic rings. The average molecular weight is 199 g/mol. The summed E-state index contributed by atoms with van der Waals surface area (Å²) >= 11 is 0. The van der Waals surface area contributed by atoms with Gasteiger partial charge in [-0.05, 0) is 25.3 Å². The van der Waals surface area contributed by atoms with E-state index in [1.54, 1.807) is 0 Å². The number of nitroso groups, excluding NO2 is 1. The summed E-state index contributed by atoms with van der Waals surface area (Å²) in [5.74, 6) is 0.616. The van der Waals surface area contributed by atoms with Gasteiger partial charge >= 0.3 is 0 Å². The van der Waals surface area contributed by atoms with Crippen LogP contribution in [0, 0.1) is 10.8 Å². The maximum Gasteiger partial charge on any atom is 0.101 e. The van der Waals surface area contributed by atoms with Crippen LogP contribution in [0.15, 0.2) is 5.18 Å². The highest BCUT2D eigenvalue weighted by Crippen LogP contribution is 2.29. The number of likely N-dealkylation sites (tertiary alicyclic amines) is 1. The van der Waals surface area contributed by atoms with Crippen LogP contribution in [0.25, 0.3) is 0 Å². The third-order valence-corrected chi connectivity index (χ3v) is 3.07. The van der Waals surface area contributed by atoms with E-state index in [2.05, 4.69) is 23.9 Å². The van der Waals surface area contributed by atoms with Gasteiger partial charge in [0.15, 0.2) is 0 Å². The van der Waals surface area contributed by atoms with Crippen molar-refractivity contribution in [2.45, 2.75) is 32.2 Å². The van der Waals surface area contributed by atoms with Gasteiger partial charge in [-0.15, -0.1) is 0 Å². The van der Waals surface area contributed by atoms with Gasteiger partial charge in [0.2, 0.25) is 0 Å². The summed E-state index contributed by atoms with van der Waals surface area (Å²) in [4.78, 5) is 12.8. The normalized spacial score (nSPS) is 28.6. The van der Waals surface area contributed by atoms with Crippen LogP contribution in [-0.4, -0.2) is 36.6 Å². The monoisotopic (exact) mass is 199 g/mol. The quantitative estimate of drug-likeness (QED) is 0.677. The van der Waals surface area contributed by atoms with Crippen molar-refractivity contribution in [1.29, 1.82) is 0 Å². The Balaban J connectivity index is 2.66. The van der Waals surface area contributed by atoms with E-state index in [-0.39, 0.29) is 5.54 Å². The summed E-state index contributed by atoms with van der Waals surface area (Å²) in [6.07, 6.45) is 2.15. The van der Waals surface area contributed by atoms with Crippen LogP contribution in [0.4, 0.5) is 0 Å². The lowest BCUT2D eigenvalue weighted by atomic mass is 9.95. The molecule has 1 rings (SSSR count). The van der Waals surface area contributed by atoms with E-state index in [1.165, 1.54) is 0 Å². The fourth-order valence-electron chi connectivity index (χ4n) is 2.31. The minimum Gasteiger partial charge on any atom is -0.329 e. The number of nitrogens with two attached hydrogens (primary N) is 1. The third-order valence-electron chi connectivity index (χ3n) is 3.07. The van der Waals surface area contributed by atoms with E-state index in [0.717, 1.165) is 25.9 Å². The second-order valence-electron chi connectivity index (χ2n) is 4.66. The van der Waals surface area contributed by atoms with E-state index in [9.17, 15) is 4.91 Å². The van der Waals surface area contributed by atoms with Crippen LogP contribution in [0.3, 0.4) is 0 Å². The zero-order valence-corrected chi connectivity index (χ0v) is 9.20. The van der Waals surface area contributed by atoms with Crippen LogP contribution in [0.5, 0.6) is 0 Å². The number of nitrogens with zero attached hydrogens (tertiary/aromatic N) is 2. The van der Waals surface area contributed by atoms with E-state index < -0.39 is 0 Å². The van der Waals surface area contributed by atoms with Crippen LogP contribution >= 0.6 is 0 Å². The van der Waals surface area contributed by atoms with Crippen LogP contribution in [0.2, 0.25) is 0 Å². The SMILES string of the molecule is CC(C)CN1CCCC1(CN)CN=O. The molecule has 82 valence electrons. The molecule has 1 heterocycles. The van der Waals surface area contributed by atoms with Crippen molar-refractivity contribution < 1.29 is 0 Å². The summed E-state index contributed by atoms with van der Waals surface area (Å²) in [6, 6.07) is 0. The smallest absolute Gasteiger partial charge is 0.101 e. The molecule has 2 N–H and O–H groups in total. The van der Waals surface area contributed by atoms with Crippen LogP contribution in [0.1, 0.15) is 26.7 Å². The molecule has 0 bridgehead atoms. The molecule has 1 aliphatic heterocycles. The molecule has 0 radical (unpaired) electrons. The highest BCUT2D eigenvalue weighted by atomic mass is 16.3. The topological polar surface area (TPSA) is 58.7 Å². The Labute approximate surface area is 85.8 Å². The van der Waals surface area contributed by atoms with Crippen molar-refractivity contribution in [3.8, 4) is 0 Å². The zero-order valence-electron chi connectivity index (χ0n) is 9.20. The lowest BCUT2D eigenvalue weighted by Crippen LogP contribution is -2.53. The highest BCUT2D eigenvalue weighted by Gasteiger charge is 2.40. The third kappa shape index (κ3) is 2.30. The van der Waals surface area contributed by atoms with Gasteiger partial charge in [0.25, 0.3) is 0 Å². The molecule has 1 fully saturated rings. The van der Waals surface area contributed by atoms with E-state index in [4.69, 9.17) is 5.73 Å². The largest absolute Gasteiger partial charge is 0.329 e. The lowest BCUT2D eigenvalue weighted by molar-refractivity contribution is 0.136. The van der Waals surface area contributed by atoms with Gasteiger partial charge in [-0.1, -0.05) is 19.0 Å². The first-order valence-corrected chi connectivity index (χ1v) is 5.39. The van der Waals surface area contributed by atoms with Crippen molar-refractivity contribution in [3.63, 3.8) is 0 Å². The zero-order chi connectivity index (χ0) is 10.6. The number of rotatable bonds is 5. The minimum atomic E-state index is -0.133. The molecule has 1 saturated heterocycles. The fraction of sp³-hybridized carbons (Fsp3) is 1.00. The molecular formula is C10H21N3O. The van der Waals surface area contributed by atoms with Crippen LogP contribution < -0.4 is 5.73 Å². The molecule has 1 aliphatic rings. The van der Waals surface area contributed by atoms with Gasteiger partial charge in [0, 0.05) is 13.1 Å². The van der Waals surface area contributed by atoms with Gasteiger partial charge < -0.3 is 5.73 Å². The Morgan fingerprint density at radius 3 is 2.79 bits per heavy atom. The van der Waals surface area contributed by atoms with Crippen molar-refractivity contribution in [3.05, 3.63) is 4.91 Å². The molecule has 0 aromatic heterocycles. The molecule has 4 heteroatoms. The van der Waals surface area contributed by atoms with E-state index in [1.807, 2.05) is 0 Å². The summed E-state index contributed by atoms with van der Waals surface area (Å²) in [7, 11) is 0. The Hall–Kier alpha value is -0.480. The number of hydrogen-bond donors (Lipinski definition) is 1. The predicted molar refractivity (Wildman–Crippen MR) is 58.1 cm³/mol. The molecular weight excluding hydrogens is 178 g/mol. The van der Waals surface area contributed by atoms with Crippen LogP contribution in [-0.2, 0) is 0 Å². The first-order chi connectivity index (χ1) is 6.64. The van der Waals surface area contributed by atoms with E-state index in [0.29, 0.717) is 19.0 Å². The van der Waals surface area contributed by atoms with Gasteiger partial charge in [0.1, 0.15) is 6.54 Å². The molecule has 0 amide bonds. The summed E-state index contributed by atoms with van der Waals surface area (Å²) in [5.41, 5.74) is 5.65. The average Bonchev–Trinajstić information content (AvgIpc) is 2.49. The standard InChI is InChI=1S/C10H21N3O/c1-9(2)6-13-5-3-4-10(13,7-11)8-12-14/h9H,3-8,11H2,1-2H3. The van der Waals surface area contributed by atoms with Crippen molar-refractivity contribution in [2.24, 2.45) is 16.8 Å². The van der Waals surface area contributed by atoms with Gasteiger partial charge in [-0.3, -0.25) is 4.90 Å². The summed E-state index contributed by atoms with van der Waals surface area (Å²) in [6.45, 7) is 7.35. The second-order valence-corrected chi connectivity index (χ2v) is 4.66. The van der Waals surface area contributed by atoms with Crippen molar-refractivity contribution >= 4 is 0 Å². The summed E-state index contributed by atoms with van der Waals surface area (Å²) in [5, 5.41) is 3.05. The maximum absolute atomic E-state index is 10.4. The Kier molecular flexibility index (Phi) is 4.01. The second kappa shape index (κ2) is 4.84. The van der Waals surface area contributed by atoms with Gasteiger partial charge in [-0.2, -0.15) is 4.91 Å². The van der Waals surface area contributed by atoms with Gasteiger partial charge in [-0.25, -0.2) is 0 Å². The molecule has 1 atom stereocenters. The van der Waals surface area contributed by atoms with Crippen molar-refractivity contribution in [2.75, 3.05) is 26.2 Å². The first-order valence-electron chi connectivity index (χ1n) is 5.39. The maximum atomic E-state index is 10.4. The minimum absolute atomic E-state index is 0.133. The Bertz CT molecular complexity index is 196. The summed E-state index contributed by atoms with van der Waals surface area (Å²) < 4.78 is 0. The van der Waals surface area contributed by atoms with E-state index >= 15 is 0 Å². The number of hydrogen-bond acceptors (Lipinski definition) is 4. The highest BCUT2D eigenvalue weighted by molar-refractivity contribution is 4.98. The molecule has 4 nitrogen and oxygen atoms in total. The lowest BCUT2D eigenvalue weighted by Gasteiger charge is -2.36. The molecule has 1 unspecified atom stereocenters. The molecule has 0 aliphatic carbocycles. The predicted octanol–water partition coefficient (Wildman–Crippen LogP) is 1.20. The Morgan fingerprint density at radius 2 is 2.29 bits per heavy atom.